The number of phenolic OH excluding ortho intramolecular Hbond substituents is 1. The van der Waals surface area contributed by atoms with Gasteiger partial charge in [0.05, 0.1) is 11.7 Å². The molecule has 0 aliphatic carbocycles. The summed E-state index contributed by atoms with van der Waals surface area (Å²) in [6.45, 7) is 3.66. The van der Waals surface area contributed by atoms with Gasteiger partial charge >= 0.3 is 0 Å². The minimum absolute atomic E-state index is 0.0153. The molecule has 3 rings (SSSR count). The van der Waals surface area contributed by atoms with Crippen molar-refractivity contribution in [3.63, 3.8) is 0 Å². The number of hydrogen-bond acceptors (Lipinski definition) is 5. The number of aromatic nitrogens is 3. The lowest BCUT2D eigenvalue weighted by Gasteiger charge is -2.03. The number of para-hydroxylation sites is 1. The summed E-state index contributed by atoms with van der Waals surface area (Å²) in [7, 11) is 0. The van der Waals surface area contributed by atoms with Crippen molar-refractivity contribution in [2.75, 3.05) is 0 Å². The van der Waals surface area contributed by atoms with E-state index in [-0.39, 0.29) is 18.2 Å². The molecular weight excluding hydrogens is 318 g/mol. The summed E-state index contributed by atoms with van der Waals surface area (Å²) in [5.74, 6) is -0.149. The van der Waals surface area contributed by atoms with Crippen molar-refractivity contribution in [2.45, 2.75) is 13.0 Å². The van der Waals surface area contributed by atoms with Crippen molar-refractivity contribution in [1.29, 1.82) is 0 Å². The standard InChI is InChI=1S/C18H17N5O2/c1-2-5-14-9-8-13(10-17(14)24)11-19-21-18(25)12-23-16-7-4-3-6-15(16)20-22-23/h2-4,6-11,24H,1,5,12H2,(H,21,25)/b19-11-. The lowest BCUT2D eigenvalue weighted by Crippen LogP contribution is -2.23. The predicted molar refractivity (Wildman–Crippen MR) is 95.3 cm³/mol. The van der Waals surface area contributed by atoms with E-state index in [1.54, 1.807) is 24.3 Å². The van der Waals surface area contributed by atoms with Crippen LogP contribution >= 0.6 is 0 Å². The summed E-state index contributed by atoms with van der Waals surface area (Å²) in [6, 6.07) is 12.6. The highest BCUT2D eigenvalue weighted by molar-refractivity contribution is 5.83. The fourth-order valence-corrected chi connectivity index (χ4v) is 2.37. The summed E-state index contributed by atoms with van der Waals surface area (Å²) >= 11 is 0. The average Bonchev–Trinajstić information content (AvgIpc) is 3.00. The lowest BCUT2D eigenvalue weighted by atomic mass is 10.1. The number of carbonyl (C=O) groups is 1. The van der Waals surface area contributed by atoms with E-state index < -0.39 is 0 Å². The van der Waals surface area contributed by atoms with Crippen LogP contribution in [0, 0.1) is 0 Å². The van der Waals surface area contributed by atoms with E-state index >= 15 is 0 Å². The van der Waals surface area contributed by atoms with Crippen LogP contribution in [0.25, 0.3) is 11.0 Å². The molecule has 1 aromatic heterocycles. The van der Waals surface area contributed by atoms with Gasteiger partial charge in [0.15, 0.2) is 0 Å². The van der Waals surface area contributed by atoms with E-state index in [1.165, 1.54) is 10.9 Å². The first-order chi connectivity index (χ1) is 12.2. The number of carbonyl (C=O) groups excluding carboxylic acids is 1. The van der Waals surface area contributed by atoms with Gasteiger partial charge in [-0.15, -0.1) is 11.7 Å². The van der Waals surface area contributed by atoms with Crippen molar-refractivity contribution in [1.82, 2.24) is 20.4 Å². The highest BCUT2D eigenvalue weighted by Crippen LogP contribution is 2.18. The number of hydrogen-bond donors (Lipinski definition) is 2. The average molecular weight is 335 g/mol. The second-order valence-corrected chi connectivity index (χ2v) is 5.41. The van der Waals surface area contributed by atoms with Crippen LogP contribution in [0.15, 0.2) is 60.2 Å². The molecule has 0 unspecified atom stereocenters. The molecule has 7 heteroatoms. The van der Waals surface area contributed by atoms with Gasteiger partial charge in [-0.1, -0.05) is 35.6 Å². The molecule has 0 radical (unpaired) electrons. The van der Waals surface area contributed by atoms with Gasteiger partial charge in [0.25, 0.3) is 5.91 Å². The third-order valence-electron chi connectivity index (χ3n) is 3.59. The zero-order valence-corrected chi connectivity index (χ0v) is 13.5. The molecule has 25 heavy (non-hydrogen) atoms. The summed E-state index contributed by atoms with van der Waals surface area (Å²) in [5, 5.41) is 21.7. The van der Waals surface area contributed by atoms with E-state index in [4.69, 9.17) is 0 Å². The predicted octanol–water partition coefficient (Wildman–Crippen LogP) is 2.02. The van der Waals surface area contributed by atoms with Crippen molar-refractivity contribution in [2.24, 2.45) is 5.10 Å². The fraction of sp³-hybridized carbons (Fsp3) is 0.111. The third kappa shape index (κ3) is 3.89. The highest BCUT2D eigenvalue weighted by atomic mass is 16.3. The molecule has 0 atom stereocenters. The number of hydrazone groups is 1. The van der Waals surface area contributed by atoms with E-state index in [0.29, 0.717) is 12.0 Å². The fourth-order valence-electron chi connectivity index (χ4n) is 2.37. The molecule has 2 aromatic carbocycles. The van der Waals surface area contributed by atoms with Crippen LogP contribution in [0.1, 0.15) is 11.1 Å². The molecule has 0 saturated carbocycles. The minimum Gasteiger partial charge on any atom is -0.508 e. The van der Waals surface area contributed by atoms with Gasteiger partial charge in [0.2, 0.25) is 0 Å². The van der Waals surface area contributed by atoms with Crippen molar-refractivity contribution < 1.29 is 9.90 Å². The number of benzene rings is 2. The SMILES string of the molecule is C=CCc1ccc(/C=N\NC(=O)Cn2nnc3ccccc32)cc1O. The van der Waals surface area contributed by atoms with Gasteiger partial charge < -0.3 is 5.11 Å². The van der Waals surface area contributed by atoms with Crippen LogP contribution < -0.4 is 5.43 Å². The molecule has 1 heterocycles. The smallest absolute Gasteiger partial charge is 0.261 e. The minimum atomic E-state index is -0.320. The summed E-state index contributed by atoms with van der Waals surface area (Å²) < 4.78 is 1.51. The topological polar surface area (TPSA) is 92.4 Å². The molecular formula is C18H17N5O2. The van der Waals surface area contributed by atoms with Crippen LogP contribution in [0.3, 0.4) is 0 Å². The van der Waals surface area contributed by atoms with Gasteiger partial charge in [0, 0.05) is 0 Å². The molecule has 0 spiro atoms. The highest BCUT2D eigenvalue weighted by Gasteiger charge is 2.07. The third-order valence-corrected chi connectivity index (χ3v) is 3.59. The Morgan fingerprint density at radius 2 is 2.16 bits per heavy atom. The van der Waals surface area contributed by atoms with E-state index in [2.05, 4.69) is 27.4 Å². The summed E-state index contributed by atoms with van der Waals surface area (Å²) in [6.07, 6.45) is 3.78. The monoisotopic (exact) mass is 335 g/mol. The lowest BCUT2D eigenvalue weighted by molar-refractivity contribution is -0.121. The number of allylic oxidation sites excluding steroid dienone is 1. The second-order valence-electron chi connectivity index (χ2n) is 5.41. The Kier molecular flexibility index (Phi) is 4.84. The molecule has 0 aliphatic heterocycles. The molecule has 7 nitrogen and oxygen atoms in total. The maximum absolute atomic E-state index is 12.0. The Labute approximate surface area is 144 Å². The quantitative estimate of drug-likeness (QED) is 0.409. The van der Waals surface area contributed by atoms with E-state index in [9.17, 15) is 9.90 Å². The first-order valence-electron chi connectivity index (χ1n) is 7.70. The number of phenols is 1. The van der Waals surface area contributed by atoms with Gasteiger partial charge in [0.1, 0.15) is 17.8 Å². The van der Waals surface area contributed by atoms with Gasteiger partial charge in [-0.2, -0.15) is 5.10 Å². The van der Waals surface area contributed by atoms with Crippen molar-refractivity contribution in [3.05, 3.63) is 66.2 Å². The normalized spacial score (nSPS) is 11.0. The summed E-state index contributed by atoms with van der Waals surface area (Å²) in [4.78, 5) is 12.0. The number of nitrogens with zero attached hydrogens (tertiary/aromatic N) is 4. The first-order valence-corrected chi connectivity index (χ1v) is 7.70. The maximum Gasteiger partial charge on any atom is 0.261 e. The molecule has 3 aromatic rings. The van der Waals surface area contributed by atoms with Crippen LogP contribution in [0.5, 0.6) is 5.75 Å². The zero-order valence-electron chi connectivity index (χ0n) is 13.5. The van der Waals surface area contributed by atoms with E-state index in [1.807, 2.05) is 24.3 Å². The Morgan fingerprint density at radius 1 is 1.32 bits per heavy atom. The molecule has 2 N–H and O–H groups in total. The first kappa shape index (κ1) is 16.4. The number of aromatic hydroxyl groups is 1. The number of fused-ring (bicyclic) bond motifs is 1. The van der Waals surface area contributed by atoms with Crippen LogP contribution in [-0.4, -0.2) is 32.2 Å². The molecule has 126 valence electrons. The zero-order chi connectivity index (χ0) is 17.6. The second kappa shape index (κ2) is 7.39. The Bertz CT molecular complexity index is 946. The van der Waals surface area contributed by atoms with Gasteiger partial charge in [-0.25, -0.2) is 10.1 Å². The number of amides is 1. The number of rotatable bonds is 6. The van der Waals surface area contributed by atoms with Crippen LogP contribution in [0.4, 0.5) is 0 Å². The van der Waals surface area contributed by atoms with Gasteiger partial charge in [-0.05, 0) is 35.7 Å². The van der Waals surface area contributed by atoms with Gasteiger partial charge in [-0.3, -0.25) is 4.79 Å². The van der Waals surface area contributed by atoms with Crippen LogP contribution in [-0.2, 0) is 17.8 Å². The van der Waals surface area contributed by atoms with E-state index in [0.717, 1.165) is 16.6 Å². The van der Waals surface area contributed by atoms with Crippen molar-refractivity contribution in [3.8, 4) is 5.75 Å². The van der Waals surface area contributed by atoms with Crippen molar-refractivity contribution >= 4 is 23.2 Å². The number of nitrogens with one attached hydrogen (secondary N) is 1. The molecule has 0 aliphatic rings. The molecule has 0 bridgehead atoms. The molecule has 0 fully saturated rings. The molecule has 0 saturated heterocycles. The van der Waals surface area contributed by atoms with Crippen LogP contribution in [0.2, 0.25) is 0 Å². The molecule has 1 amide bonds. The largest absolute Gasteiger partial charge is 0.508 e. The Hall–Kier alpha value is -3.48. The summed E-state index contributed by atoms with van der Waals surface area (Å²) in [5.41, 5.74) is 5.41. The Balaban J connectivity index is 1.61. The Morgan fingerprint density at radius 3 is 2.96 bits per heavy atom. The maximum atomic E-state index is 12.0.